The molecule has 0 saturated carbocycles. The number of nitrogens with zero attached hydrogens (tertiary/aromatic N) is 1. The van der Waals surface area contributed by atoms with Crippen LogP contribution in [0.25, 0.3) is 0 Å². The third-order valence-corrected chi connectivity index (χ3v) is 6.88. The van der Waals surface area contributed by atoms with Crippen molar-refractivity contribution in [3.8, 4) is 0 Å². The Balaban J connectivity index is 1.74. The summed E-state index contributed by atoms with van der Waals surface area (Å²) in [6.45, 7) is 1.45. The standard InChI is InChI=1S/C21H25BrN2O4S/c1-29(26,27)24(19-9-5-8-18(22)14-19)15-20(25)23-16-21(10-12-28-13-11-21)17-6-3-2-4-7-17/h2-9,14H,10-13,15-16H2,1H3,(H,23,25). The SMILES string of the molecule is CS(=O)(=O)N(CC(=O)NCC1(c2ccccc2)CCOCC1)c1cccc(Br)c1. The summed E-state index contributed by atoms with van der Waals surface area (Å²) in [5.74, 6) is -0.336. The van der Waals surface area contributed by atoms with Crippen molar-refractivity contribution in [2.45, 2.75) is 18.3 Å². The van der Waals surface area contributed by atoms with Crippen LogP contribution in [0, 0.1) is 0 Å². The van der Waals surface area contributed by atoms with E-state index in [-0.39, 0.29) is 17.9 Å². The number of carbonyl (C=O) groups is 1. The number of benzene rings is 2. The Morgan fingerprint density at radius 3 is 2.45 bits per heavy atom. The fourth-order valence-corrected chi connectivity index (χ4v) is 4.84. The molecular formula is C21H25BrN2O4S. The zero-order valence-corrected chi connectivity index (χ0v) is 18.7. The van der Waals surface area contributed by atoms with Crippen LogP contribution in [0.4, 0.5) is 5.69 Å². The molecule has 1 amide bonds. The highest BCUT2D eigenvalue weighted by Crippen LogP contribution is 2.34. The monoisotopic (exact) mass is 480 g/mol. The fraction of sp³-hybridized carbons (Fsp3) is 0.381. The second-order valence-corrected chi connectivity index (χ2v) is 10.1. The second-order valence-electron chi connectivity index (χ2n) is 7.28. The molecule has 1 heterocycles. The molecule has 6 nitrogen and oxygen atoms in total. The number of hydrogen-bond donors (Lipinski definition) is 1. The normalized spacial score (nSPS) is 16.2. The molecule has 2 aromatic carbocycles. The molecule has 2 aromatic rings. The van der Waals surface area contributed by atoms with Gasteiger partial charge in [0.05, 0.1) is 11.9 Å². The van der Waals surface area contributed by atoms with Crippen molar-refractivity contribution >= 4 is 37.5 Å². The first-order valence-corrected chi connectivity index (χ1v) is 12.1. The van der Waals surface area contributed by atoms with Crippen molar-refractivity contribution in [2.75, 3.05) is 36.9 Å². The number of rotatable bonds is 7. The predicted octanol–water partition coefficient (Wildman–Crippen LogP) is 3.08. The topological polar surface area (TPSA) is 75.7 Å². The zero-order valence-electron chi connectivity index (χ0n) is 16.3. The highest BCUT2D eigenvalue weighted by Gasteiger charge is 2.35. The van der Waals surface area contributed by atoms with Gasteiger partial charge in [0, 0.05) is 29.6 Å². The van der Waals surface area contributed by atoms with Crippen LogP contribution in [0.1, 0.15) is 18.4 Å². The maximum absolute atomic E-state index is 12.7. The van der Waals surface area contributed by atoms with Crippen molar-refractivity contribution < 1.29 is 17.9 Å². The lowest BCUT2D eigenvalue weighted by Crippen LogP contribution is -2.47. The number of amides is 1. The summed E-state index contributed by atoms with van der Waals surface area (Å²) in [5.41, 5.74) is 1.40. The van der Waals surface area contributed by atoms with E-state index in [0.717, 1.165) is 33.4 Å². The van der Waals surface area contributed by atoms with E-state index in [1.54, 1.807) is 24.3 Å². The lowest BCUT2D eigenvalue weighted by molar-refractivity contribution is -0.120. The molecule has 0 bridgehead atoms. The minimum atomic E-state index is -3.61. The summed E-state index contributed by atoms with van der Waals surface area (Å²) in [6, 6.07) is 17.0. The Hall–Kier alpha value is -1.90. The molecule has 1 saturated heterocycles. The summed E-state index contributed by atoms with van der Waals surface area (Å²) in [7, 11) is -3.61. The first-order chi connectivity index (χ1) is 13.8. The summed E-state index contributed by atoms with van der Waals surface area (Å²) in [6.07, 6.45) is 2.71. The lowest BCUT2D eigenvalue weighted by Gasteiger charge is -2.38. The predicted molar refractivity (Wildman–Crippen MR) is 118 cm³/mol. The number of ether oxygens (including phenoxy) is 1. The van der Waals surface area contributed by atoms with Crippen LogP contribution in [0.15, 0.2) is 59.1 Å². The molecule has 0 spiro atoms. The largest absolute Gasteiger partial charge is 0.381 e. The van der Waals surface area contributed by atoms with E-state index >= 15 is 0 Å². The molecule has 29 heavy (non-hydrogen) atoms. The molecule has 8 heteroatoms. The minimum absolute atomic E-state index is 0.207. The molecule has 156 valence electrons. The molecule has 0 atom stereocenters. The Morgan fingerprint density at radius 2 is 1.83 bits per heavy atom. The van der Waals surface area contributed by atoms with Crippen LogP contribution in [0.5, 0.6) is 0 Å². The summed E-state index contributed by atoms with van der Waals surface area (Å²) in [5, 5.41) is 2.97. The molecule has 1 aliphatic heterocycles. The van der Waals surface area contributed by atoms with Crippen molar-refractivity contribution in [3.63, 3.8) is 0 Å². The first kappa shape index (κ1) is 21.8. The summed E-state index contributed by atoms with van der Waals surface area (Å²) in [4.78, 5) is 12.7. The van der Waals surface area contributed by atoms with Gasteiger partial charge in [-0.1, -0.05) is 52.3 Å². The van der Waals surface area contributed by atoms with Gasteiger partial charge < -0.3 is 10.1 Å². The number of halogens is 1. The average molecular weight is 481 g/mol. The van der Waals surface area contributed by atoms with Gasteiger partial charge in [-0.05, 0) is 36.6 Å². The van der Waals surface area contributed by atoms with Crippen molar-refractivity contribution in [1.29, 1.82) is 0 Å². The smallest absolute Gasteiger partial charge is 0.240 e. The van der Waals surface area contributed by atoms with E-state index < -0.39 is 10.0 Å². The van der Waals surface area contributed by atoms with Gasteiger partial charge in [-0.25, -0.2) is 8.42 Å². The zero-order chi connectivity index (χ0) is 20.9. The Kier molecular flexibility index (Phi) is 6.97. The molecule has 1 fully saturated rings. The fourth-order valence-electron chi connectivity index (χ4n) is 3.61. The van der Waals surface area contributed by atoms with E-state index in [2.05, 4.69) is 33.4 Å². The Bertz CT molecular complexity index is 944. The average Bonchev–Trinajstić information content (AvgIpc) is 2.71. The highest BCUT2D eigenvalue weighted by molar-refractivity contribution is 9.10. The number of hydrogen-bond acceptors (Lipinski definition) is 4. The van der Waals surface area contributed by atoms with Crippen LogP contribution in [0.2, 0.25) is 0 Å². The second kappa shape index (κ2) is 9.28. The van der Waals surface area contributed by atoms with E-state index in [1.807, 2.05) is 18.2 Å². The number of carbonyl (C=O) groups excluding carboxylic acids is 1. The van der Waals surface area contributed by atoms with E-state index in [1.165, 1.54) is 0 Å². The van der Waals surface area contributed by atoms with Crippen LogP contribution < -0.4 is 9.62 Å². The van der Waals surface area contributed by atoms with Crippen molar-refractivity contribution in [3.05, 3.63) is 64.6 Å². The van der Waals surface area contributed by atoms with Gasteiger partial charge in [0.2, 0.25) is 15.9 Å². The maximum Gasteiger partial charge on any atom is 0.240 e. The summed E-state index contributed by atoms with van der Waals surface area (Å²) < 4.78 is 32.0. The van der Waals surface area contributed by atoms with Crippen LogP contribution >= 0.6 is 15.9 Å². The minimum Gasteiger partial charge on any atom is -0.381 e. The lowest BCUT2D eigenvalue weighted by atomic mass is 9.74. The van der Waals surface area contributed by atoms with Crippen molar-refractivity contribution in [1.82, 2.24) is 5.32 Å². The van der Waals surface area contributed by atoms with Crippen LogP contribution in [0.3, 0.4) is 0 Å². The van der Waals surface area contributed by atoms with E-state index in [4.69, 9.17) is 4.74 Å². The van der Waals surface area contributed by atoms with E-state index in [0.29, 0.717) is 25.4 Å². The molecule has 0 radical (unpaired) electrons. The first-order valence-electron chi connectivity index (χ1n) is 9.43. The van der Waals surface area contributed by atoms with Gasteiger partial charge in [0.1, 0.15) is 6.54 Å². The van der Waals surface area contributed by atoms with Gasteiger partial charge in [-0.15, -0.1) is 0 Å². The van der Waals surface area contributed by atoms with Gasteiger partial charge in [-0.2, -0.15) is 0 Å². The van der Waals surface area contributed by atoms with Crippen LogP contribution in [-0.4, -0.2) is 46.9 Å². The molecule has 0 aromatic heterocycles. The summed E-state index contributed by atoms with van der Waals surface area (Å²) >= 11 is 3.35. The number of anilines is 1. The molecular weight excluding hydrogens is 456 g/mol. The number of nitrogens with one attached hydrogen (secondary N) is 1. The third kappa shape index (κ3) is 5.58. The van der Waals surface area contributed by atoms with E-state index in [9.17, 15) is 13.2 Å². The molecule has 3 rings (SSSR count). The third-order valence-electron chi connectivity index (χ3n) is 5.24. The molecule has 1 N–H and O–H groups in total. The van der Waals surface area contributed by atoms with Crippen LogP contribution in [-0.2, 0) is 25.0 Å². The van der Waals surface area contributed by atoms with Gasteiger partial charge in [0.15, 0.2) is 0 Å². The van der Waals surface area contributed by atoms with Gasteiger partial charge in [0.25, 0.3) is 0 Å². The molecule has 1 aliphatic rings. The highest BCUT2D eigenvalue weighted by atomic mass is 79.9. The Morgan fingerprint density at radius 1 is 1.14 bits per heavy atom. The maximum atomic E-state index is 12.7. The Labute approximate surface area is 180 Å². The van der Waals surface area contributed by atoms with Gasteiger partial charge in [-0.3, -0.25) is 9.10 Å². The number of sulfonamides is 1. The molecule has 0 aliphatic carbocycles. The quantitative estimate of drug-likeness (QED) is 0.660. The molecule has 0 unspecified atom stereocenters. The van der Waals surface area contributed by atoms with Gasteiger partial charge >= 0.3 is 0 Å². The van der Waals surface area contributed by atoms with Crippen molar-refractivity contribution in [2.24, 2.45) is 0 Å².